The molecule has 0 aromatic heterocycles. The largest absolute Gasteiger partial charge is 0.469 e. The van der Waals surface area contributed by atoms with Crippen molar-refractivity contribution in [3.05, 3.63) is 59.7 Å². The second-order valence-corrected chi connectivity index (χ2v) is 10.3. The van der Waals surface area contributed by atoms with Gasteiger partial charge in [-0.15, -0.1) is 0 Å². The lowest BCUT2D eigenvalue weighted by Gasteiger charge is -2.42. The first-order valence-electron chi connectivity index (χ1n) is 11.7. The predicted molar refractivity (Wildman–Crippen MR) is 120 cm³/mol. The third-order valence-electron chi connectivity index (χ3n) is 9.18. The molecule has 5 aliphatic carbocycles. The molecule has 5 aliphatic rings. The molecule has 32 heavy (non-hydrogen) atoms. The van der Waals surface area contributed by atoms with Crippen LogP contribution in [-0.2, 0) is 14.3 Å². The number of carbonyl (C=O) groups is 2. The summed E-state index contributed by atoms with van der Waals surface area (Å²) in [6, 6.07) is 16.5. The van der Waals surface area contributed by atoms with Crippen molar-refractivity contribution in [1.29, 1.82) is 0 Å². The fraction of sp³-hybridized carbons (Fsp3) is 0.481. The number of alkyl carbamates (subject to hydrolysis) is 1. The Labute approximate surface area is 188 Å². The van der Waals surface area contributed by atoms with Gasteiger partial charge in [-0.05, 0) is 66.7 Å². The molecular weight excluding hydrogens is 402 g/mol. The first-order chi connectivity index (χ1) is 15.5. The van der Waals surface area contributed by atoms with E-state index in [-0.39, 0.29) is 23.3 Å². The van der Waals surface area contributed by atoms with Crippen LogP contribution in [0.25, 0.3) is 11.1 Å². The maximum atomic E-state index is 12.9. The van der Waals surface area contributed by atoms with Crippen molar-refractivity contribution in [1.82, 2.24) is 5.32 Å². The van der Waals surface area contributed by atoms with Gasteiger partial charge in [-0.1, -0.05) is 48.5 Å². The highest BCUT2D eigenvalue weighted by molar-refractivity contribution is 5.81. The number of hydrogen-bond acceptors (Lipinski definition) is 4. The molecule has 166 valence electrons. The summed E-state index contributed by atoms with van der Waals surface area (Å²) >= 11 is 0. The van der Waals surface area contributed by atoms with Crippen molar-refractivity contribution in [2.75, 3.05) is 13.7 Å². The second kappa shape index (κ2) is 6.84. The minimum Gasteiger partial charge on any atom is -0.469 e. The van der Waals surface area contributed by atoms with E-state index in [2.05, 4.69) is 29.6 Å². The SMILES string of the molecule is COC(=O)C12CC3CC1(C(C)NC(=O)OCC1c4ccccc4-c4ccccc41)CC3C2. The Morgan fingerprint density at radius 2 is 1.53 bits per heavy atom. The maximum Gasteiger partial charge on any atom is 0.407 e. The summed E-state index contributed by atoms with van der Waals surface area (Å²) in [7, 11) is 1.48. The van der Waals surface area contributed by atoms with Crippen molar-refractivity contribution in [2.45, 2.75) is 44.6 Å². The lowest BCUT2D eigenvalue weighted by Crippen LogP contribution is -2.53. The number of benzene rings is 2. The van der Waals surface area contributed by atoms with Crippen LogP contribution < -0.4 is 5.32 Å². The normalized spacial score (nSPS) is 31.9. The lowest BCUT2D eigenvalue weighted by molar-refractivity contribution is -0.159. The molecule has 7 rings (SSSR count). The fourth-order valence-corrected chi connectivity index (χ4v) is 7.89. The van der Waals surface area contributed by atoms with E-state index in [0.717, 1.165) is 25.7 Å². The van der Waals surface area contributed by atoms with E-state index in [1.807, 2.05) is 31.2 Å². The number of nitrogens with one attached hydrogen (secondary N) is 1. The summed E-state index contributed by atoms with van der Waals surface area (Å²) in [5.41, 5.74) is 4.19. The minimum atomic E-state index is -0.437. The zero-order chi connectivity index (χ0) is 22.1. The molecule has 4 fully saturated rings. The van der Waals surface area contributed by atoms with Crippen LogP contribution in [0.4, 0.5) is 4.79 Å². The first kappa shape index (κ1) is 19.8. The molecule has 4 bridgehead atoms. The number of ether oxygens (including phenoxy) is 2. The van der Waals surface area contributed by atoms with Gasteiger partial charge in [-0.25, -0.2) is 4.79 Å². The Hall–Kier alpha value is -2.82. The smallest absolute Gasteiger partial charge is 0.407 e. The van der Waals surface area contributed by atoms with Crippen molar-refractivity contribution in [3.63, 3.8) is 0 Å². The van der Waals surface area contributed by atoms with E-state index in [9.17, 15) is 9.59 Å². The minimum absolute atomic E-state index is 0.0400. The molecule has 5 nitrogen and oxygen atoms in total. The third-order valence-corrected chi connectivity index (χ3v) is 9.18. The van der Waals surface area contributed by atoms with Gasteiger partial charge in [0.05, 0.1) is 12.5 Å². The van der Waals surface area contributed by atoms with Crippen LogP contribution in [0.2, 0.25) is 0 Å². The molecule has 0 radical (unpaired) electrons. The Bertz CT molecular complexity index is 1050. The standard InChI is InChI=1S/C27H29NO4/c1-16(26-11-17-13-27(26,24(29)31-2)14-18(17)12-26)28-25(30)32-15-23-21-9-5-3-7-19(21)20-8-4-6-10-22(20)23/h3-10,16-18,23H,11-15H2,1-2H3,(H,28,30). The molecule has 2 aromatic carbocycles. The van der Waals surface area contributed by atoms with E-state index in [1.54, 1.807) is 0 Å². The fourth-order valence-electron chi connectivity index (χ4n) is 7.89. The van der Waals surface area contributed by atoms with E-state index >= 15 is 0 Å². The second-order valence-electron chi connectivity index (χ2n) is 10.3. The predicted octanol–water partition coefficient (Wildman–Crippen LogP) is 4.89. The highest BCUT2D eigenvalue weighted by Crippen LogP contribution is 2.77. The van der Waals surface area contributed by atoms with E-state index in [4.69, 9.17) is 9.47 Å². The van der Waals surface area contributed by atoms with E-state index < -0.39 is 11.5 Å². The number of carbonyl (C=O) groups excluding carboxylic acids is 2. The van der Waals surface area contributed by atoms with Crippen LogP contribution >= 0.6 is 0 Å². The summed E-state index contributed by atoms with van der Waals surface area (Å²) in [5.74, 6) is 1.11. The van der Waals surface area contributed by atoms with Crippen molar-refractivity contribution >= 4 is 12.1 Å². The quantitative estimate of drug-likeness (QED) is 0.685. The van der Waals surface area contributed by atoms with Crippen LogP contribution in [0.3, 0.4) is 0 Å². The zero-order valence-corrected chi connectivity index (χ0v) is 18.6. The number of hydrogen-bond donors (Lipinski definition) is 1. The molecule has 1 amide bonds. The van der Waals surface area contributed by atoms with Gasteiger partial charge < -0.3 is 14.8 Å². The molecule has 3 unspecified atom stereocenters. The van der Waals surface area contributed by atoms with Crippen molar-refractivity contribution in [2.24, 2.45) is 22.7 Å². The van der Waals surface area contributed by atoms with Crippen molar-refractivity contribution in [3.8, 4) is 11.1 Å². The molecule has 5 heteroatoms. The summed E-state index contributed by atoms with van der Waals surface area (Å²) in [6.07, 6.45) is 3.40. The summed E-state index contributed by atoms with van der Waals surface area (Å²) < 4.78 is 11.0. The van der Waals surface area contributed by atoms with Gasteiger partial charge in [0.1, 0.15) is 6.61 Å². The van der Waals surface area contributed by atoms with Gasteiger partial charge in [-0.3, -0.25) is 4.79 Å². The topological polar surface area (TPSA) is 64.6 Å². The van der Waals surface area contributed by atoms with E-state index in [1.165, 1.54) is 29.4 Å². The molecule has 0 aliphatic heterocycles. The van der Waals surface area contributed by atoms with Crippen molar-refractivity contribution < 1.29 is 19.1 Å². The molecule has 2 aromatic rings. The van der Waals surface area contributed by atoms with Gasteiger partial charge in [0.25, 0.3) is 0 Å². The Balaban J connectivity index is 1.17. The lowest BCUT2D eigenvalue weighted by atomic mass is 9.64. The van der Waals surface area contributed by atoms with Crippen LogP contribution in [0.15, 0.2) is 48.5 Å². The molecule has 1 N–H and O–H groups in total. The summed E-state index contributed by atoms with van der Waals surface area (Å²) in [5, 5.41) is 3.10. The molecule has 0 saturated heterocycles. The van der Waals surface area contributed by atoms with Gasteiger partial charge >= 0.3 is 12.1 Å². The molecule has 4 saturated carbocycles. The van der Waals surface area contributed by atoms with Crippen LogP contribution in [-0.4, -0.2) is 31.8 Å². The van der Waals surface area contributed by atoms with Gasteiger partial charge in [-0.2, -0.15) is 0 Å². The highest BCUT2D eigenvalue weighted by Gasteiger charge is 2.76. The third kappa shape index (κ3) is 2.45. The van der Waals surface area contributed by atoms with Crippen LogP contribution in [0.5, 0.6) is 0 Å². The number of rotatable bonds is 5. The molecule has 3 atom stereocenters. The Kier molecular flexibility index (Phi) is 4.24. The van der Waals surface area contributed by atoms with E-state index in [0.29, 0.717) is 18.4 Å². The monoisotopic (exact) mass is 431 g/mol. The Morgan fingerprint density at radius 1 is 0.969 bits per heavy atom. The average Bonchev–Trinajstić information content (AvgIpc) is 3.58. The summed E-state index contributed by atoms with van der Waals surface area (Å²) in [6.45, 7) is 2.34. The highest BCUT2D eigenvalue weighted by atomic mass is 16.5. The maximum absolute atomic E-state index is 12.9. The Morgan fingerprint density at radius 3 is 2.09 bits per heavy atom. The number of fused-ring (bicyclic) bond motifs is 3. The number of methoxy groups -OCH3 is 1. The van der Waals surface area contributed by atoms with Gasteiger partial charge in [0, 0.05) is 17.4 Å². The average molecular weight is 432 g/mol. The summed E-state index contributed by atoms with van der Waals surface area (Å²) in [4.78, 5) is 25.7. The molecule has 0 spiro atoms. The van der Waals surface area contributed by atoms with Crippen LogP contribution in [0.1, 0.15) is 49.7 Å². The zero-order valence-electron chi connectivity index (χ0n) is 18.6. The molecule has 0 heterocycles. The van der Waals surface area contributed by atoms with Gasteiger partial charge in [0.15, 0.2) is 0 Å². The number of esters is 1. The van der Waals surface area contributed by atoms with Crippen LogP contribution in [0, 0.1) is 22.7 Å². The molecular formula is C27H29NO4. The number of amides is 1. The van der Waals surface area contributed by atoms with Gasteiger partial charge in [0.2, 0.25) is 0 Å². The first-order valence-corrected chi connectivity index (χ1v) is 11.7.